The molecule has 0 radical (unpaired) electrons. The van der Waals surface area contributed by atoms with E-state index in [0.29, 0.717) is 12.1 Å². The highest BCUT2D eigenvalue weighted by molar-refractivity contribution is 7.09. The van der Waals surface area contributed by atoms with Crippen molar-refractivity contribution in [2.24, 2.45) is 5.73 Å². The van der Waals surface area contributed by atoms with Crippen molar-refractivity contribution < 1.29 is 0 Å². The lowest BCUT2D eigenvalue weighted by Crippen LogP contribution is -2.46. The van der Waals surface area contributed by atoms with Gasteiger partial charge in [-0.3, -0.25) is 4.90 Å². The highest BCUT2D eigenvalue weighted by atomic mass is 32.1. The van der Waals surface area contributed by atoms with Gasteiger partial charge >= 0.3 is 0 Å². The zero-order valence-electron chi connectivity index (χ0n) is 11.6. The molecule has 0 bridgehead atoms. The predicted molar refractivity (Wildman–Crippen MR) is 78.7 cm³/mol. The van der Waals surface area contributed by atoms with Crippen molar-refractivity contribution >= 4 is 16.7 Å². The maximum absolute atomic E-state index is 5.98. The van der Waals surface area contributed by atoms with Crippen LogP contribution in [-0.2, 0) is 6.42 Å². The van der Waals surface area contributed by atoms with Crippen molar-refractivity contribution in [3.05, 3.63) is 5.82 Å². The first-order chi connectivity index (χ1) is 9.26. The lowest BCUT2D eigenvalue weighted by molar-refractivity contribution is 0.163. The average molecular weight is 281 g/mol. The normalized spacial score (nSPS) is 26.2. The van der Waals surface area contributed by atoms with Crippen molar-refractivity contribution in [2.45, 2.75) is 44.7 Å². The van der Waals surface area contributed by atoms with Crippen LogP contribution in [0.5, 0.6) is 0 Å². The molecule has 2 saturated heterocycles. The van der Waals surface area contributed by atoms with Gasteiger partial charge in [0.05, 0.1) is 0 Å². The van der Waals surface area contributed by atoms with Gasteiger partial charge in [-0.05, 0) is 32.4 Å². The van der Waals surface area contributed by atoms with Gasteiger partial charge in [-0.2, -0.15) is 4.37 Å². The molecule has 106 valence electrons. The second-order valence-corrected chi connectivity index (χ2v) is 6.34. The summed E-state index contributed by atoms with van der Waals surface area (Å²) < 4.78 is 4.39. The Labute approximate surface area is 119 Å². The summed E-state index contributed by atoms with van der Waals surface area (Å²) in [7, 11) is 0. The smallest absolute Gasteiger partial charge is 0.205 e. The van der Waals surface area contributed by atoms with Crippen LogP contribution in [-0.4, -0.2) is 52.5 Å². The minimum absolute atomic E-state index is 0.420. The second kappa shape index (κ2) is 5.73. The molecule has 1 aromatic rings. The zero-order chi connectivity index (χ0) is 13.2. The zero-order valence-corrected chi connectivity index (χ0v) is 12.4. The van der Waals surface area contributed by atoms with E-state index in [0.717, 1.165) is 56.4 Å². The number of piperidine rings is 1. The minimum atomic E-state index is 0.420. The van der Waals surface area contributed by atoms with Gasteiger partial charge in [0, 0.05) is 43.1 Å². The minimum Gasteiger partial charge on any atom is -0.345 e. The largest absolute Gasteiger partial charge is 0.345 e. The summed E-state index contributed by atoms with van der Waals surface area (Å²) in [5.41, 5.74) is 5.98. The van der Waals surface area contributed by atoms with Crippen LogP contribution in [0.4, 0.5) is 5.13 Å². The van der Waals surface area contributed by atoms with Crippen LogP contribution in [0.1, 0.15) is 32.0 Å². The van der Waals surface area contributed by atoms with E-state index >= 15 is 0 Å². The molecule has 2 fully saturated rings. The summed E-state index contributed by atoms with van der Waals surface area (Å²) >= 11 is 1.55. The Morgan fingerprint density at radius 1 is 1.26 bits per heavy atom. The fourth-order valence-corrected chi connectivity index (χ4v) is 3.80. The van der Waals surface area contributed by atoms with Gasteiger partial charge < -0.3 is 10.6 Å². The second-order valence-electron chi connectivity index (χ2n) is 5.61. The lowest BCUT2D eigenvalue weighted by atomic mass is 10.0. The van der Waals surface area contributed by atoms with Crippen LogP contribution in [0.15, 0.2) is 0 Å². The molecule has 1 unspecified atom stereocenters. The van der Waals surface area contributed by atoms with E-state index in [-0.39, 0.29) is 0 Å². The van der Waals surface area contributed by atoms with Crippen LogP contribution >= 0.6 is 11.5 Å². The predicted octanol–water partition coefficient (Wildman–Crippen LogP) is 1.10. The van der Waals surface area contributed by atoms with E-state index in [9.17, 15) is 0 Å². The maximum atomic E-state index is 5.98. The van der Waals surface area contributed by atoms with E-state index in [1.54, 1.807) is 11.5 Å². The molecule has 0 aliphatic carbocycles. The summed E-state index contributed by atoms with van der Waals surface area (Å²) in [6, 6.07) is 1.10. The van der Waals surface area contributed by atoms with Crippen molar-refractivity contribution in [3.63, 3.8) is 0 Å². The van der Waals surface area contributed by atoms with Gasteiger partial charge in [0.15, 0.2) is 0 Å². The quantitative estimate of drug-likeness (QED) is 0.899. The van der Waals surface area contributed by atoms with Gasteiger partial charge in [0.25, 0.3) is 0 Å². The Balaban J connectivity index is 1.57. The molecule has 2 N–H and O–H groups in total. The average Bonchev–Trinajstić information content (AvgIpc) is 3.08. The summed E-state index contributed by atoms with van der Waals surface area (Å²) in [5, 5.41) is 1.10. The highest BCUT2D eigenvalue weighted by Crippen LogP contribution is 2.26. The van der Waals surface area contributed by atoms with Crippen molar-refractivity contribution in [2.75, 3.05) is 31.1 Å². The Morgan fingerprint density at radius 3 is 2.74 bits per heavy atom. The SMILES string of the molecule is CCc1nsc(N2CCC(N3CCC(N)CC3)C2)n1. The van der Waals surface area contributed by atoms with Crippen LogP contribution in [0.2, 0.25) is 0 Å². The molecule has 19 heavy (non-hydrogen) atoms. The highest BCUT2D eigenvalue weighted by Gasteiger charge is 2.31. The lowest BCUT2D eigenvalue weighted by Gasteiger charge is -2.34. The Morgan fingerprint density at radius 2 is 2.05 bits per heavy atom. The fraction of sp³-hybridized carbons (Fsp3) is 0.846. The third kappa shape index (κ3) is 2.90. The van der Waals surface area contributed by atoms with Crippen molar-refractivity contribution in [1.29, 1.82) is 0 Å². The van der Waals surface area contributed by atoms with Crippen LogP contribution in [0.3, 0.4) is 0 Å². The first-order valence-corrected chi connectivity index (χ1v) is 8.10. The first kappa shape index (κ1) is 13.3. The van der Waals surface area contributed by atoms with E-state index in [2.05, 4.69) is 26.1 Å². The number of nitrogens with two attached hydrogens (primary N) is 1. The van der Waals surface area contributed by atoms with E-state index in [1.165, 1.54) is 6.42 Å². The third-order valence-electron chi connectivity index (χ3n) is 4.30. The molecule has 0 aromatic carbocycles. The molecule has 2 aliphatic heterocycles. The molecule has 3 rings (SSSR count). The van der Waals surface area contributed by atoms with Gasteiger partial charge in [0.2, 0.25) is 5.13 Å². The van der Waals surface area contributed by atoms with Gasteiger partial charge in [0.1, 0.15) is 5.82 Å². The van der Waals surface area contributed by atoms with Crippen LogP contribution < -0.4 is 10.6 Å². The Hall–Kier alpha value is -0.720. The summed E-state index contributed by atoms with van der Waals surface area (Å²) in [4.78, 5) is 9.61. The molecule has 1 atom stereocenters. The molecule has 0 saturated carbocycles. The van der Waals surface area contributed by atoms with Crippen molar-refractivity contribution in [1.82, 2.24) is 14.3 Å². The molecule has 1 aromatic heterocycles. The fourth-order valence-electron chi connectivity index (χ4n) is 3.01. The number of likely N-dealkylation sites (tertiary alicyclic amines) is 1. The monoisotopic (exact) mass is 281 g/mol. The molecule has 6 heteroatoms. The van der Waals surface area contributed by atoms with Crippen LogP contribution in [0.25, 0.3) is 0 Å². The molecule has 3 heterocycles. The number of hydrogen-bond acceptors (Lipinski definition) is 6. The molecule has 5 nitrogen and oxygen atoms in total. The molecule has 0 spiro atoms. The molecular weight excluding hydrogens is 258 g/mol. The van der Waals surface area contributed by atoms with E-state index < -0.39 is 0 Å². The van der Waals surface area contributed by atoms with E-state index in [4.69, 9.17) is 5.73 Å². The standard InChI is InChI=1S/C13H23N5S/c1-2-12-15-13(19-16-12)18-8-5-11(9-18)17-6-3-10(14)4-7-17/h10-11H,2-9,14H2,1H3. The van der Waals surface area contributed by atoms with Crippen LogP contribution in [0, 0.1) is 0 Å². The maximum Gasteiger partial charge on any atom is 0.205 e. The molecule has 0 amide bonds. The van der Waals surface area contributed by atoms with Gasteiger partial charge in [-0.15, -0.1) is 0 Å². The third-order valence-corrected chi connectivity index (χ3v) is 5.11. The summed E-state index contributed by atoms with van der Waals surface area (Å²) in [6.07, 6.45) is 4.47. The number of aryl methyl sites for hydroxylation is 1. The Bertz CT molecular complexity index is 413. The first-order valence-electron chi connectivity index (χ1n) is 7.33. The molecule has 2 aliphatic rings. The molecular formula is C13H23N5S. The van der Waals surface area contributed by atoms with E-state index in [1.807, 2.05) is 0 Å². The van der Waals surface area contributed by atoms with Crippen molar-refractivity contribution in [3.8, 4) is 0 Å². The topological polar surface area (TPSA) is 58.3 Å². The number of rotatable bonds is 3. The Kier molecular flexibility index (Phi) is 4.00. The number of aromatic nitrogens is 2. The summed E-state index contributed by atoms with van der Waals surface area (Å²) in [5.74, 6) is 0.979. The number of nitrogens with zero attached hydrogens (tertiary/aromatic N) is 4. The number of anilines is 1. The summed E-state index contributed by atoms with van der Waals surface area (Å²) in [6.45, 7) is 6.65. The van der Waals surface area contributed by atoms with Gasteiger partial charge in [-0.25, -0.2) is 4.98 Å². The number of hydrogen-bond donors (Lipinski definition) is 1. The van der Waals surface area contributed by atoms with Gasteiger partial charge in [-0.1, -0.05) is 6.92 Å².